The molecule has 3 fully saturated rings. The third-order valence-electron chi connectivity index (χ3n) is 7.25. The number of nitrogens with zero attached hydrogens (tertiary/aromatic N) is 4. The summed E-state index contributed by atoms with van der Waals surface area (Å²) >= 11 is 0. The summed E-state index contributed by atoms with van der Waals surface area (Å²) in [4.78, 5) is 40.4. The van der Waals surface area contributed by atoms with Crippen molar-refractivity contribution < 1.29 is 19.1 Å². The van der Waals surface area contributed by atoms with Gasteiger partial charge in [0.2, 0.25) is 5.91 Å². The summed E-state index contributed by atoms with van der Waals surface area (Å²) in [5.74, 6) is -0.550. The number of hydrogen-bond acceptors (Lipinski definition) is 5. The Balaban J connectivity index is 1.26. The van der Waals surface area contributed by atoms with E-state index in [0.717, 1.165) is 27.9 Å². The maximum absolute atomic E-state index is 12.9. The summed E-state index contributed by atoms with van der Waals surface area (Å²) in [5.41, 5.74) is 1.68. The molecule has 32 heavy (non-hydrogen) atoms. The van der Waals surface area contributed by atoms with Gasteiger partial charge in [-0.25, -0.2) is 0 Å². The van der Waals surface area contributed by atoms with Crippen molar-refractivity contribution in [3.8, 4) is 0 Å². The molecule has 1 saturated carbocycles. The number of amides is 3. The first-order valence-electron chi connectivity index (χ1n) is 11.2. The van der Waals surface area contributed by atoms with E-state index < -0.39 is 0 Å². The minimum absolute atomic E-state index is 0.0400. The van der Waals surface area contributed by atoms with Crippen molar-refractivity contribution in [2.75, 3.05) is 26.3 Å². The van der Waals surface area contributed by atoms with E-state index in [2.05, 4.69) is 17.3 Å². The zero-order chi connectivity index (χ0) is 21.8. The van der Waals surface area contributed by atoms with Crippen LogP contribution >= 0.6 is 0 Å². The number of imide groups is 1. The summed E-state index contributed by atoms with van der Waals surface area (Å²) in [6, 6.07) is 7.77. The Morgan fingerprint density at radius 2 is 1.75 bits per heavy atom. The maximum atomic E-state index is 12.9. The van der Waals surface area contributed by atoms with Crippen molar-refractivity contribution in [3.63, 3.8) is 0 Å². The molecule has 6 rings (SSSR count). The molecule has 4 aliphatic rings. The van der Waals surface area contributed by atoms with Crippen LogP contribution in [0.5, 0.6) is 0 Å². The molecule has 0 N–H and O–H groups in total. The van der Waals surface area contributed by atoms with Crippen molar-refractivity contribution >= 4 is 34.8 Å². The van der Waals surface area contributed by atoms with Gasteiger partial charge in [0.05, 0.1) is 31.3 Å². The van der Waals surface area contributed by atoms with Gasteiger partial charge in [0, 0.05) is 35.8 Å². The van der Waals surface area contributed by atoms with Gasteiger partial charge >= 0.3 is 0 Å². The molecular formula is C24H24N4O4. The zero-order valence-electron chi connectivity index (χ0n) is 17.6. The molecule has 0 radical (unpaired) electrons. The van der Waals surface area contributed by atoms with Gasteiger partial charge in [-0.05, 0) is 24.3 Å². The zero-order valence-corrected chi connectivity index (χ0v) is 17.6. The largest absolute Gasteiger partial charge is 0.378 e. The van der Waals surface area contributed by atoms with Crippen LogP contribution in [0.15, 0.2) is 47.7 Å². The van der Waals surface area contributed by atoms with E-state index in [1.807, 2.05) is 39.9 Å². The Hall–Kier alpha value is -3.26. The number of hydrogen-bond donors (Lipinski definition) is 0. The van der Waals surface area contributed by atoms with Crippen LogP contribution in [0.2, 0.25) is 0 Å². The molecule has 1 aromatic heterocycles. The van der Waals surface area contributed by atoms with Gasteiger partial charge in [-0.1, -0.05) is 30.4 Å². The van der Waals surface area contributed by atoms with Gasteiger partial charge in [0.15, 0.2) is 0 Å². The van der Waals surface area contributed by atoms with Gasteiger partial charge < -0.3 is 14.2 Å². The number of hydrazone groups is 1. The van der Waals surface area contributed by atoms with E-state index in [0.29, 0.717) is 26.3 Å². The number of carbonyl (C=O) groups excluding carboxylic acids is 3. The number of aromatic nitrogens is 1. The summed E-state index contributed by atoms with van der Waals surface area (Å²) in [6.07, 6.45) is 8.48. The average molecular weight is 432 g/mol. The fraction of sp³-hybridized carbons (Fsp3) is 0.417. The molecule has 0 spiro atoms. The Morgan fingerprint density at radius 3 is 2.47 bits per heavy atom. The van der Waals surface area contributed by atoms with Gasteiger partial charge in [0.25, 0.3) is 11.8 Å². The van der Waals surface area contributed by atoms with Gasteiger partial charge in [-0.15, -0.1) is 0 Å². The first-order chi connectivity index (χ1) is 15.6. The number of carbonyl (C=O) groups is 3. The lowest BCUT2D eigenvalue weighted by Crippen LogP contribution is -2.42. The van der Waals surface area contributed by atoms with Crippen LogP contribution in [0, 0.1) is 23.7 Å². The van der Waals surface area contributed by atoms with Crippen LogP contribution in [0.4, 0.5) is 0 Å². The summed E-state index contributed by atoms with van der Waals surface area (Å²) in [6.45, 7) is 2.55. The highest BCUT2D eigenvalue weighted by Gasteiger charge is 2.59. The molecule has 2 aliphatic carbocycles. The van der Waals surface area contributed by atoms with E-state index in [1.165, 1.54) is 0 Å². The van der Waals surface area contributed by atoms with Crippen LogP contribution < -0.4 is 0 Å². The average Bonchev–Trinajstić information content (AvgIpc) is 3.57. The van der Waals surface area contributed by atoms with Crippen LogP contribution in [-0.2, 0) is 25.7 Å². The molecule has 2 saturated heterocycles. The van der Waals surface area contributed by atoms with Crippen molar-refractivity contribution in [1.82, 2.24) is 14.5 Å². The Morgan fingerprint density at radius 1 is 1.06 bits per heavy atom. The summed E-state index contributed by atoms with van der Waals surface area (Å²) in [5, 5.41) is 6.31. The number of para-hydroxylation sites is 1. The fourth-order valence-electron chi connectivity index (χ4n) is 5.69. The quantitative estimate of drug-likeness (QED) is 0.418. The van der Waals surface area contributed by atoms with Crippen molar-refractivity contribution in [1.29, 1.82) is 0 Å². The Bertz CT molecular complexity index is 1150. The van der Waals surface area contributed by atoms with Gasteiger partial charge in [-0.2, -0.15) is 10.1 Å². The van der Waals surface area contributed by atoms with Crippen LogP contribution in [0.1, 0.15) is 12.0 Å². The highest BCUT2D eigenvalue weighted by atomic mass is 16.5. The maximum Gasteiger partial charge on any atom is 0.254 e. The van der Waals surface area contributed by atoms with Gasteiger partial charge in [-0.3, -0.25) is 14.4 Å². The molecule has 8 nitrogen and oxygen atoms in total. The molecule has 1 aromatic carbocycles. The number of fused-ring (bicyclic) bond motifs is 6. The van der Waals surface area contributed by atoms with Crippen LogP contribution in [-0.4, -0.2) is 64.7 Å². The second-order valence-corrected chi connectivity index (χ2v) is 8.96. The number of rotatable bonds is 4. The standard InChI is InChI=1S/C24H24N4O4/c29-20(26-7-9-32-10-8-26)14-27-13-17(18-3-1-2-4-19(18)27)12-25-28-23(30)21-15-5-6-16(11-15)22(21)24(28)31/h1-6,12-13,15-16,21-22H,7-11,14H2/t15-,16-,21-,22+/m0/s1. The molecule has 2 aromatic rings. The van der Waals surface area contributed by atoms with Crippen LogP contribution in [0.25, 0.3) is 10.9 Å². The summed E-state index contributed by atoms with van der Waals surface area (Å²) in [7, 11) is 0. The molecule has 3 amide bonds. The SMILES string of the molecule is O=C(Cn1cc(C=NN2C(=O)[C@@H]3[C@H](C2=O)[C@H]2C=C[C@H]3C2)c2ccccc21)N1CCOCC1. The molecule has 2 bridgehead atoms. The molecule has 0 unspecified atom stereocenters. The molecule has 164 valence electrons. The first kappa shape index (κ1) is 19.4. The van der Waals surface area contributed by atoms with E-state index in [4.69, 9.17) is 4.74 Å². The molecule has 2 aliphatic heterocycles. The molecular weight excluding hydrogens is 408 g/mol. The monoisotopic (exact) mass is 432 g/mol. The minimum atomic E-state index is -0.262. The van der Waals surface area contributed by atoms with E-state index >= 15 is 0 Å². The van der Waals surface area contributed by atoms with Crippen LogP contribution in [0.3, 0.4) is 0 Å². The predicted molar refractivity (Wildman–Crippen MR) is 117 cm³/mol. The topological polar surface area (TPSA) is 84.2 Å². The number of benzene rings is 1. The number of ether oxygens (including phenoxy) is 1. The first-order valence-corrected chi connectivity index (χ1v) is 11.2. The second kappa shape index (κ2) is 7.41. The fourth-order valence-corrected chi connectivity index (χ4v) is 5.69. The van der Waals surface area contributed by atoms with E-state index in [1.54, 1.807) is 6.21 Å². The second-order valence-electron chi connectivity index (χ2n) is 8.96. The van der Waals surface area contributed by atoms with E-state index in [9.17, 15) is 14.4 Å². The lowest BCUT2D eigenvalue weighted by molar-refractivity contribution is -0.140. The molecule has 8 heteroatoms. The highest BCUT2D eigenvalue weighted by molar-refractivity contribution is 6.07. The predicted octanol–water partition coefficient (Wildman–Crippen LogP) is 1.64. The van der Waals surface area contributed by atoms with Crippen molar-refractivity contribution in [3.05, 3.63) is 48.2 Å². The third-order valence-corrected chi connectivity index (χ3v) is 7.25. The smallest absolute Gasteiger partial charge is 0.254 e. The lowest BCUT2D eigenvalue weighted by Gasteiger charge is -2.27. The minimum Gasteiger partial charge on any atom is -0.378 e. The molecule has 3 heterocycles. The van der Waals surface area contributed by atoms with Crippen molar-refractivity contribution in [2.24, 2.45) is 28.8 Å². The van der Waals surface area contributed by atoms with Gasteiger partial charge in [0.1, 0.15) is 6.54 Å². The normalized spacial score (nSPS) is 29.1. The third kappa shape index (κ3) is 2.93. The molecule has 4 atom stereocenters. The number of morpholine rings is 1. The van der Waals surface area contributed by atoms with Crippen molar-refractivity contribution in [2.45, 2.75) is 13.0 Å². The number of allylic oxidation sites excluding steroid dienone is 2. The summed E-state index contributed by atoms with van der Waals surface area (Å²) < 4.78 is 7.24. The Labute approximate surface area is 185 Å². The lowest BCUT2D eigenvalue weighted by atomic mass is 9.85. The van der Waals surface area contributed by atoms with E-state index in [-0.39, 0.29) is 47.9 Å². The Kier molecular flexibility index (Phi) is 4.50. The highest BCUT2D eigenvalue weighted by Crippen LogP contribution is 2.52.